The van der Waals surface area contributed by atoms with Crippen molar-refractivity contribution in [3.05, 3.63) is 35.9 Å². The van der Waals surface area contributed by atoms with E-state index in [1.807, 2.05) is 6.07 Å². The average molecular weight is 371 g/mol. The minimum absolute atomic E-state index is 0.0794. The van der Waals surface area contributed by atoms with Crippen molar-refractivity contribution >= 4 is 5.96 Å². The van der Waals surface area contributed by atoms with E-state index in [4.69, 9.17) is 0 Å². The lowest BCUT2D eigenvalue weighted by Crippen LogP contribution is -2.48. The van der Waals surface area contributed by atoms with Gasteiger partial charge in [0.15, 0.2) is 5.96 Å². The smallest absolute Gasteiger partial charge is 0.372 e. The van der Waals surface area contributed by atoms with Gasteiger partial charge in [0.05, 0.1) is 0 Å². The molecule has 7 heteroatoms. The number of hydrogen-bond acceptors (Lipinski definition) is 2. The summed E-state index contributed by atoms with van der Waals surface area (Å²) in [5.41, 5.74) is 1.38. The third-order valence-electron chi connectivity index (χ3n) is 4.66. The summed E-state index contributed by atoms with van der Waals surface area (Å²) in [6.45, 7) is 3.50. The van der Waals surface area contributed by atoms with E-state index in [2.05, 4.69) is 51.1 Å². The molecule has 26 heavy (non-hydrogen) atoms. The molecule has 0 aliphatic carbocycles. The molecule has 1 fully saturated rings. The standard InChI is InChI=1S/C19H28F3N3O/c1-15-13-25(11-9-17(15)16-7-4-3-5-8-16)18(23-2)24-10-6-12-26-14-19(20,21)22/h3-5,7-8,15,17H,6,9-14H2,1-2H3,(H,23,24). The van der Waals surface area contributed by atoms with E-state index in [9.17, 15) is 13.2 Å². The monoisotopic (exact) mass is 371 g/mol. The second kappa shape index (κ2) is 9.80. The number of benzene rings is 1. The van der Waals surface area contributed by atoms with Crippen LogP contribution in [0.15, 0.2) is 35.3 Å². The highest BCUT2D eigenvalue weighted by molar-refractivity contribution is 5.80. The van der Waals surface area contributed by atoms with Crippen molar-refractivity contribution in [3.8, 4) is 0 Å². The molecule has 0 bridgehead atoms. The number of nitrogens with zero attached hydrogens (tertiary/aromatic N) is 2. The summed E-state index contributed by atoms with van der Waals surface area (Å²) in [7, 11) is 1.73. The van der Waals surface area contributed by atoms with Gasteiger partial charge in [0.2, 0.25) is 0 Å². The molecule has 4 nitrogen and oxygen atoms in total. The Morgan fingerprint density at radius 1 is 1.31 bits per heavy atom. The number of alkyl halides is 3. The molecule has 1 aromatic carbocycles. The maximum absolute atomic E-state index is 12.0. The number of ether oxygens (including phenoxy) is 1. The second-order valence-electron chi connectivity index (χ2n) is 6.72. The number of halogens is 3. The quantitative estimate of drug-likeness (QED) is 0.471. The summed E-state index contributed by atoms with van der Waals surface area (Å²) in [5, 5.41) is 3.23. The Hall–Kier alpha value is -1.76. The minimum Gasteiger partial charge on any atom is -0.372 e. The van der Waals surface area contributed by atoms with Crippen molar-refractivity contribution in [2.45, 2.75) is 31.9 Å². The van der Waals surface area contributed by atoms with Crippen LogP contribution in [-0.2, 0) is 4.74 Å². The highest BCUT2D eigenvalue weighted by atomic mass is 19.4. The van der Waals surface area contributed by atoms with Gasteiger partial charge in [-0.1, -0.05) is 37.3 Å². The van der Waals surface area contributed by atoms with Gasteiger partial charge in [0, 0.05) is 33.3 Å². The van der Waals surface area contributed by atoms with Crippen LogP contribution in [0.3, 0.4) is 0 Å². The van der Waals surface area contributed by atoms with Gasteiger partial charge in [-0.25, -0.2) is 0 Å². The first-order chi connectivity index (χ1) is 12.4. The van der Waals surface area contributed by atoms with Crippen LogP contribution in [0.4, 0.5) is 13.2 Å². The topological polar surface area (TPSA) is 36.9 Å². The van der Waals surface area contributed by atoms with Crippen LogP contribution in [0, 0.1) is 5.92 Å². The first-order valence-electron chi connectivity index (χ1n) is 9.05. The molecular weight excluding hydrogens is 343 g/mol. The Morgan fingerprint density at radius 3 is 2.65 bits per heavy atom. The van der Waals surface area contributed by atoms with Gasteiger partial charge in [-0.2, -0.15) is 13.2 Å². The van der Waals surface area contributed by atoms with Crippen molar-refractivity contribution in [1.82, 2.24) is 10.2 Å². The molecule has 0 amide bonds. The zero-order chi connectivity index (χ0) is 19.0. The fourth-order valence-corrected chi connectivity index (χ4v) is 3.43. The van der Waals surface area contributed by atoms with Gasteiger partial charge in [-0.3, -0.25) is 4.99 Å². The first kappa shape index (κ1) is 20.6. The molecule has 1 aliphatic rings. The molecule has 1 saturated heterocycles. The summed E-state index contributed by atoms with van der Waals surface area (Å²) in [4.78, 5) is 6.53. The molecule has 1 N–H and O–H groups in total. The lowest BCUT2D eigenvalue weighted by Gasteiger charge is -2.39. The van der Waals surface area contributed by atoms with E-state index in [1.165, 1.54) is 5.56 Å². The van der Waals surface area contributed by atoms with Crippen molar-refractivity contribution in [2.24, 2.45) is 10.9 Å². The molecule has 0 saturated carbocycles. The number of hydrogen-bond donors (Lipinski definition) is 1. The van der Waals surface area contributed by atoms with Crippen LogP contribution in [0.1, 0.15) is 31.2 Å². The third kappa shape index (κ3) is 6.52. The predicted octanol–water partition coefficient (Wildman–Crippen LogP) is 3.66. The van der Waals surface area contributed by atoms with E-state index in [0.717, 1.165) is 25.5 Å². The average Bonchev–Trinajstić information content (AvgIpc) is 2.61. The van der Waals surface area contributed by atoms with Gasteiger partial charge in [-0.15, -0.1) is 0 Å². The normalized spacial score (nSPS) is 21.7. The van der Waals surface area contributed by atoms with Crippen LogP contribution < -0.4 is 5.32 Å². The molecule has 146 valence electrons. The zero-order valence-corrected chi connectivity index (χ0v) is 15.4. The predicted molar refractivity (Wildman–Crippen MR) is 97.4 cm³/mol. The number of piperidine rings is 1. The van der Waals surface area contributed by atoms with Crippen molar-refractivity contribution in [3.63, 3.8) is 0 Å². The van der Waals surface area contributed by atoms with Crippen LogP contribution in [0.5, 0.6) is 0 Å². The minimum atomic E-state index is -4.26. The van der Waals surface area contributed by atoms with Gasteiger partial charge in [0.1, 0.15) is 6.61 Å². The van der Waals surface area contributed by atoms with E-state index < -0.39 is 12.8 Å². The summed E-state index contributed by atoms with van der Waals surface area (Å²) in [6.07, 6.45) is -2.70. The van der Waals surface area contributed by atoms with Gasteiger partial charge >= 0.3 is 6.18 Å². The number of likely N-dealkylation sites (tertiary alicyclic amines) is 1. The highest BCUT2D eigenvalue weighted by Crippen LogP contribution is 2.32. The fourth-order valence-electron chi connectivity index (χ4n) is 3.43. The summed E-state index contributed by atoms with van der Waals surface area (Å²) < 4.78 is 40.7. The molecule has 0 spiro atoms. The number of guanidine groups is 1. The number of nitrogens with one attached hydrogen (secondary N) is 1. The molecule has 0 aromatic heterocycles. The molecule has 2 atom stereocenters. The zero-order valence-electron chi connectivity index (χ0n) is 15.4. The fraction of sp³-hybridized carbons (Fsp3) is 0.632. The molecular formula is C19H28F3N3O. The van der Waals surface area contributed by atoms with Crippen molar-refractivity contribution < 1.29 is 17.9 Å². The van der Waals surface area contributed by atoms with Crippen LogP contribution in [0.2, 0.25) is 0 Å². The van der Waals surface area contributed by atoms with E-state index >= 15 is 0 Å². The highest BCUT2D eigenvalue weighted by Gasteiger charge is 2.29. The van der Waals surface area contributed by atoms with Gasteiger partial charge in [-0.05, 0) is 30.2 Å². The van der Waals surface area contributed by atoms with Crippen LogP contribution in [0.25, 0.3) is 0 Å². The van der Waals surface area contributed by atoms with Crippen LogP contribution in [-0.4, -0.2) is 56.9 Å². The van der Waals surface area contributed by atoms with E-state index in [1.54, 1.807) is 7.05 Å². The Kier molecular flexibility index (Phi) is 7.75. The van der Waals surface area contributed by atoms with Crippen molar-refractivity contribution in [2.75, 3.05) is 39.9 Å². The third-order valence-corrected chi connectivity index (χ3v) is 4.66. The molecule has 0 radical (unpaired) electrons. The Morgan fingerprint density at radius 2 is 2.04 bits per heavy atom. The molecule has 1 heterocycles. The molecule has 1 aromatic rings. The van der Waals surface area contributed by atoms with E-state index in [-0.39, 0.29) is 6.61 Å². The Labute approximate surface area is 153 Å². The molecule has 2 rings (SSSR count). The largest absolute Gasteiger partial charge is 0.411 e. The Balaban J connectivity index is 1.74. The van der Waals surface area contributed by atoms with Crippen LogP contribution >= 0.6 is 0 Å². The molecule has 1 aliphatic heterocycles. The first-order valence-corrected chi connectivity index (χ1v) is 9.05. The number of aliphatic imine (C=N–C) groups is 1. The lowest BCUT2D eigenvalue weighted by atomic mass is 9.82. The lowest BCUT2D eigenvalue weighted by molar-refractivity contribution is -0.173. The van der Waals surface area contributed by atoms with Crippen molar-refractivity contribution in [1.29, 1.82) is 0 Å². The van der Waals surface area contributed by atoms with E-state index in [0.29, 0.717) is 24.8 Å². The maximum atomic E-state index is 12.0. The molecule has 2 unspecified atom stereocenters. The Bertz CT molecular complexity index is 563. The number of rotatable bonds is 6. The summed E-state index contributed by atoms with van der Waals surface area (Å²) in [6, 6.07) is 10.6. The summed E-state index contributed by atoms with van der Waals surface area (Å²) in [5.74, 6) is 1.85. The summed E-state index contributed by atoms with van der Waals surface area (Å²) >= 11 is 0. The van der Waals surface area contributed by atoms with Gasteiger partial charge in [0.25, 0.3) is 0 Å². The second-order valence-corrected chi connectivity index (χ2v) is 6.72. The maximum Gasteiger partial charge on any atom is 0.411 e. The van der Waals surface area contributed by atoms with Gasteiger partial charge < -0.3 is 15.0 Å². The SMILES string of the molecule is CN=C(NCCCOCC(F)(F)F)N1CCC(c2ccccc2)C(C)C1.